The molecule has 1 saturated heterocycles. The Balaban J connectivity index is 1.93. The number of amides is 1. The molecule has 1 aliphatic carbocycles. The van der Waals surface area contributed by atoms with E-state index in [9.17, 15) is 9.59 Å². The third-order valence-corrected chi connectivity index (χ3v) is 3.93. The highest BCUT2D eigenvalue weighted by Crippen LogP contribution is 2.30. The average molecular weight is 255 g/mol. The van der Waals surface area contributed by atoms with Gasteiger partial charge in [0.15, 0.2) is 0 Å². The molecule has 0 radical (unpaired) electrons. The summed E-state index contributed by atoms with van der Waals surface area (Å²) in [6.07, 6.45) is 2.96. The van der Waals surface area contributed by atoms with E-state index >= 15 is 0 Å². The number of carboxylic acids is 1. The average Bonchev–Trinajstić information content (AvgIpc) is 2.38. The quantitative estimate of drug-likeness (QED) is 0.803. The van der Waals surface area contributed by atoms with E-state index in [1.54, 1.807) is 0 Å². The molecule has 2 fully saturated rings. The van der Waals surface area contributed by atoms with Crippen LogP contribution in [-0.4, -0.2) is 47.7 Å². The number of hydrogen-bond donors (Lipinski definition) is 1. The highest BCUT2D eigenvalue weighted by molar-refractivity contribution is 5.80. The maximum absolute atomic E-state index is 12.3. The fourth-order valence-corrected chi connectivity index (χ4v) is 2.92. The van der Waals surface area contributed by atoms with E-state index in [1.807, 2.05) is 11.8 Å². The number of nitrogens with zero attached hydrogens (tertiary/aromatic N) is 1. The molecule has 0 spiro atoms. The van der Waals surface area contributed by atoms with Crippen LogP contribution >= 0.6 is 0 Å². The van der Waals surface area contributed by atoms with Crippen LogP contribution in [0.2, 0.25) is 0 Å². The van der Waals surface area contributed by atoms with Crippen LogP contribution in [0.25, 0.3) is 0 Å². The number of aliphatic carboxylic acids is 1. The number of carbonyl (C=O) groups is 2. The van der Waals surface area contributed by atoms with Gasteiger partial charge in [-0.1, -0.05) is 6.42 Å². The summed E-state index contributed by atoms with van der Waals surface area (Å²) in [5.41, 5.74) is 0. The Morgan fingerprint density at radius 1 is 1.28 bits per heavy atom. The first-order valence-corrected chi connectivity index (χ1v) is 6.71. The van der Waals surface area contributed by atoms with E-state index < -0.39 is 5.97 Å². The fourth-order valence-electron chi connectivity index (χ4n) is 2.92. The predicted octanol–water partition coefficient (Wildman–Crippen LogP) is 1.12. The largest absolute Gasteiger partial charge is 0.481 e. The first-order valence-electron chi connectivity index (χ1n) is 6.71. The lowest BCUT2D eigenvalue weighted by molar-refractivity contribution is -0.148. The van der Waals surface area contributed by atoms with Crippen molar-refractivity contribution >= 4 is 11.9 Å². The molecule has 0 aromatic heterocycles. The summed E-state index contributed by atoms with van der Waals surface area (Å²) in [6, 6.07) is 0. The molecule has 1 aliphatic heterocycles. The molecule has 0 bridgehead atoms. The van der Waals surface area contributed by atoms with Crippen LogP contribution < -0.4 is 0 Å². The minimum Gasteiger partial charge on any atom is -0.481 e. The van der Waals surface area contributed by atoms with Gasteiger partial charge in [0.05, 0.1) is 18.6 Å². The number of carboxylic acid groups (broad SMARTS) is 1. The predicted molar refractivity (Wildman–Crippen MR) is 65.1 cm³/mol. The van der Waals surface area contributed by atoms with Gasteiger partial charge < -0.3 is 14.7 Å². The van der Waals surface area contributed by atoms with Gasteiger partial charge in [-0.05, 0) is 26.2 Å². The van der Waals surface area contributed by atoms with Crippen LogP contribution in [0.4, 0.5) is 0 Å². The lowest BCUT2D eigenvalue weighted by Crippen LogP contribution is -2.47. The number of carbonyl (C=O) groups excluding carboxylic acids is 1. The van der Waals surface area contributed by atoms with E-state index in [0.29, 0.717) is 32.5 Å². The van der Waals surface area contributed by atoms with Crippen molar-refractivity contribution in [1.29, 1.82) is 0 Å². The molecule has 1 N–H and O–H groups in total. The molecule has 102 valence electrons. The zero-order valence-electron chi connectivity index (χ0n) is 10.8. The van der Waals surface area contributed by atoms with Gasteiger partial charge in [-0.15, -0.1) is 0 Å². The van der Waals surface area contributed by atoms with E-state index in [-0.39, 0.29) is 23.8 Å². The molecule has 2 rings (SSSR count). The second-order valence-electron chi connectivity index (χ2n) is 5.36. The van der Waals surface area contributed by atoms with Crippen LogP contribution in [-0.2, 0) is 14.3 Å². The molecular weight excluding hydrogens is 234 g/mol. The minimum absolute atomic E-state index is 0.0848. The highest BCUT2D eigenvalue weighted by Gasteiger charge is 2.34. The molecule has 18 heavy (non-hydrogen) atoms. The van der Waals surface area contributed by atoms with Crippen molar-refractivity contribution in [3.63, 3.8) is 0 Å². The van der Waals surface area contributed by atoms with Gasteiger partial charge in [0.25, 0.3) is 0 Å². The molecule has 0 aromatic rings. The highest BCUT2D eigenvalue weighted by atomic mass is 16.5. The summed E-state index contributed by atoms with van der Waals surface area (Å²) in [5.74, 6) is -1.09. The second kappa shape index (κ2) is 5.69. The van der Waals surface area contributed by atoms with E-state index in [1.165, 1.54) is 0 Å². The molecule has 5 nitrogen and oxygen atoms in total. The van der Waals surface area contributed by atoms with Crippen LogP contribution in [0.15, 0.2) is 0 Å². The monoisotopic (exact) mass is 255 g/mol. The number of morpholine rings is 1. The summed E-state index contributed by atoms with van der Waals surface area (Å²) >= 11 is 0. The van der Waals surface area contributed by atoms with Crippen LogP contribution in [0.5, 0.6) is 0 Å². The fraction of sp³-hybridized carbons (Fsp3) is 0.846. The van der Waals surface area contributed by atoms with Gasteiger partial charge in [0, 0.05) is 19.0 Å². The Labute approximate surface area is 107 Å². The van der Waals surface area contributed by atoms with Gasteiger partial charge in [0.1, 0.15) is 0 Å². The Hall–Kier alpha value is -1.10. The lowest BCUT2D eigenvalue weighted by atomic mass is 9.80. The molecule has 5 heteroatoms. The zero-order valence-corrected chi connectivity index (χ0v) is 10.8. The van der Waals surface area contributed by atoms with Crippen molar-refractivity contribution in [3.05, 3.63) is 0 Å². The summed E-state index contributed by atoms with van der Waals surface area (Å²) in [4.78, 5) is 25.2. The first kappa shape index (κ1) is 13.3. The Kier molecular flexibility index (Phi) is 4.22. The summed E-state index contributed by atoms with van der Waals surface area (Å²) in [6.45, 7) is 3.81. The lowest BCUT2D eigenvalue weighted by Gasteiger charge is -2.35. The summed E-state index contributed by atoms with van der Waals surface area (Å²) in [7, 11) is 0. The first-order chi connectivity index (χ1) is 8.58. The van der Waals surface area contributed by atoms with E-state index in [4.69, 9.17) is 9.84 Å². The maximum Gasteiger partial charge on any atom is 0.306 e. The van der Waals surface area contributed by atoms with Gasteiger partial charge in [-0.25, -0.2) is 0 Å². The molecule has 3 unspecified atom stereocenters. The van der Waals surface area contributed by atoms with Gasteiger partial charge in [-0.3, -0.25) is 9.59 Å². The molecule has 1 saturated carbocycles. The number of rotatable bonds is 2. The van der Waals surface area contributed by atoms with Crippen molar-refractivity contribution in [1.82, 2.24) is 4.90 Å². The van der Waals surface area contributed by atoms with E-state index in [0.717, 1.165) is 12.8 Å². The van der Waals surface area contributed by atoms with Crippen LogP contribution in [0, 0.1) is 11.8 Å². The van der Waals surface area contributed by atoms with Crippen molar-refractivity contribution < 1.29 is 19.4 Å². The molecule has 3 atom stereocenters. The third kappa shape index (κ3) is 3.02. The Morgan fingerprint density at radius 3 is 2.67 bits per heavy atom. The van der Waals surface area contributed by atoms with Crippen molar-refractivity contribution in [2.24, 2.45) is 11.8 Å². The number of hydrogen-bond acceptors (Lipinski definition) is 3. The minimum atomic E-state index is -0.761. The topological polar surface area (TPSA) is 66.8 Å². The molecule has 1 amide bonds. The Morgan fingerprint density at radius 2 is 2.00 bits per heavy atom. The van der Waals surface area contributed by atoms with Crippen molar-refractivity contribution in [2.45, 2.75) is 38.7 Å². The summed E-state index contributed by atoms with van der Waals surface area (Å²) < 4.78 is 5.42. The normalized spacial score (nSPS) is 33.2. The number of ether oxygens (including phenoxy) is 1. The molecule has 1 heterocycles. The zero-order chi connectivity index (χ0) is 13.1. The van der Waals surface area contributed by atoms with Crippen molar-refractivity contribution in [3.8, 4) is 0 Å². The summed E-state index contributed by atoms with van der Waals surface area (Å²) in [5, 5.41) is 9.05. The second-order valence-corrected chi connectivity index (χ2v) is 5.36. The molecule has 0 aromatic carbocycles. The maximum atomic E-state index is 12.3. The van der Waals surface area contributed by atoms with Crippen LogP contribution in [0.3, 0.4) is 0 Å². The third-order valence-electron chi connectivity index (χ3n) is 3.93. The van der Waals surface area contributed by atoms with Gasteiger partial charge in [-0.2, -0.15) is 0 Å². The van der Waals surface area contributed by atoms with Crippen LogP contribution in [0.1, 0.15) is 32.6 Å². The Bertz CT molecular complexity index is 331. The molecule has 2 aliphatic rings. The van der Waals surface area contributed by atoms with E-state index in [2.05, 4.69) is 0 Å². The molecular formula is C13H21NO4. The smallest absolute Gasteiger partial charge is 0.306 e. The SMILES string of the molecule is CC1CN(C(=O)C2CCCC(C(=O)O)C2)CCO1. The van der Waals surface area contributed by atoms with Gasteiger partial charge >= 0.3 is 5.97 Å². The van der Waals surface area contributed by atoms with Gasteiger partial charge in [0.2, 0.25) is 5.91 Å². The standard InChI is InChI=1S/C13H21NO4/c1-9-8-14(5-6-18-9)12(15)10-3-2-4-11(7-10)13(16)17/h9-11H,2-8H2,1H3,(H,16,17). The van der Waals surface area contributed by atoms with Crippen molar-refractivity contribution in [2.75, 3.05) is 19.7 Å².